The van der Waals surface area contributed by atoms with Crippen LogP contribution in [0.15, 0.2) is 22.7 Å². The number of halogens is 1. The second-order valence-corrected chi connectivity index (χ2v) is 6.70. The summed E-state index contributed by atoms with van der Waals surface area (Å²) in [6.45, 7) is 4.46. The van der Waals surface area contributed by atoms with Crippen molar-refractivity contribution in [1.29, 1.82) is 0 Å². The second kappa shape index (κ2) is 6.27. The summed E-state index contributed by atoms with van der Waals surface area (Å²) < 4.78 is 1.18. The van der Waals surface area contributed by atoms with E-state index < -0.39 is 0 Å². The van der Waals surface area contributed by atoms with Crippen LogP contribution in [0.1, 0.15) is 38.7 Å². The molecule has 1 aliphatic carbocycles. The quantitative estimate of drug-likeness (QED) is 0.858. The van der Waals surface area contributed by atoms with Crippen LogP contribution in [0, 0.1) is 5.92 Å². The molecule has 19 heavy (non-hydrogen) atoms. The standard InChI is InChI=1S/C16H25BrN2/c1-4-14(18)9-12-5-8-16(15(17)10-12)19(3)11(2)13-6-7-13/h5,8,10-11,13-14H,4,6-7,9,18H2,1-3H3. The lowest BCUT2D eigenvalue weighted by Gasteiger charge is -2.28. The molecule has 1 aliphatic rings. The summed E-state index contributed by atoms with van der Waals surface area (Å²) in [5.74, 6) is 0.880. The van der Waals surface area contributed by atoms with Gasteiger partial charge in [-0.15, -0.1) is 0 Å². The molecule has 1 saturated carbocycles. The summed E-state index contributed by atoms with van der Waals surface area (Å²) in [6, 6.07) is 7.55. The van der Waals surface area contributed by atoms with Gasteiger partial charge < -0.3 is 10.6 Å². The molecule has 0 amide bonds. The monoisotopic (exact) mass is 324 g/mol. The largest absolute Gasteiger partial charge is 0.371 e. The molecular weight excluding hydrogens is 300 g/mol. The summed E-state index contributed by atoms with van der Waals surface area (Å²) in [7, 11) is 2.19. The number of anilines is 1. The van der Waals surface area contributed by atoms with Gasteiger partial charge in [0.1, 0.15) is 0 Å². The number of rotatable bonds is 6. The molecule has 0 saturated heterocycles. The van der Waals surface area contributed by atoms with Crippen molar-refractivity contribution in [3.05, 3.63) is 28.2 Å². The van der Waals surface area contributed by atoms with Gasteiger partial charge in [-0.2, -0.15) is 0 Å². The molecule has 106 valence electrons. The molecule has 0 aliphatic heterocycles. The van der Waals surface area contributed by atoms with Crippen LogP contribution in [0.2, 0.25) is 0 Å². The molecule has 2 atom stereocenters. The molecule has 3 heteroatoms. The molecule has 2 unspecified atom stereocenters. The van der Waals surface area contributed by atoms with Crippen LogP contribution in [0.4, 0.5) is 5.69 Å². The maximum atomic E-state index is 6.02. The Kier molecular flexibility index (Phi) is 4.91. The van der Waals surface area contributed by atoms with Crippen molar-refractivity contribution in [2.45, 2.75) is 51.6 Å². The van der Waals surface area contributed by atoms with Crippen LogP contribution >= 0.6 is 15.9 Å². The zero-order valence-electron chi connectivity index (χ0n) is 12.2. The average molecular weight is 325 g/mol. The molecule has 1 aromatic carbocycles. The Morgan fingerprint density at radius 2 is 2.11 bits per heavy atom. The fourth-order valence-electron chi connectivity index (χ4n) is 2.52. The molecule has 0 radical (unpaired) electrons. The molecule has 2 nitrogen and oxygen atoms in total. The zero-order valence-corrected chi connectivity index (χ0v) is 13.8. The highest BCUT2D eigenvalue weighted by Gasteiger charge is 2.31. The molecule has 0 spiro atoms. The summed E-state index contributed by atoms with van der Waals surface area (Å²) in [5, 5.41) is 0. The van der Waals surface area contributed by atoms with Gasteiger partial charge in [-0.1, -0.05) is 13.0 Å². The van der Waals surface area contributed by atoms with E-state index in [9.17, 15) is 0 Å². The van der Waals surface area contributed by atoms with E-state index in [2.05, 4.69) is 59.9 Å². The van der Waals surface area contributed by atoms with Crippen molar-refractivity contribution in [3.8, 4) is 0 Å². The van der Waals surface area contributed by atoms with E-state index >= 15 is 0 Å². The molecule has 0 aromatic heterocycles. The van der Waals surface area contributed by atoms with Crippen molar-refractivity contribution < 1.29 is 0 Å². The Balaban J connectivity index is 2.09. The van der Waals surface area contributed by atoms with Crippen molar-refractivity contribution in [1.82, 2.24) is 0 Å². The summed E-state index contributed by atoms with van der Waals surface area (Å²) in [4.78, 5) is 2.39. The maximum Gasteiger partial charge on any atom is 0.0510 e. The maximum absolute atomic E-state index is 6.02. The van der Waals surface area contributed by atoms with Crippen LogP contribution in [-0.2, 0) is 6.42 Å². The number of hydrogen-bond donors (Lipinski definition) is 1. The second-order valence-electron chi connectivity index (χ2n) is 5.85. The third-order valence-electron chi connectivity index (χ3n) is 4.33. The van der Waals surface area contributed by atoms with Gasteiger partial charge in [-0.3, -0.25) is 0 Å². The number of benzene rings is 1. The predicted octanol–water partition coefficient (Wildman–Crippen LogP) is 3.96. The summed E-state index contributed by atoms with van der Waals surface area (Å²) in [6.07, 6.45) is 4.74. The Bertz CT molecular complexity index is 429. The molecule has 0 heterocycles. The SMILES string of the molecule is CCC(N)Cc1ccc(N(C)C(C)C2CC2)c(Br)c1. The van der Waals surface area contributed by atoms with Gasteiger partial charge in [0.05, 0.1) is 5.69 Å². The minimum atomic E-state index is 0.265. The van der Waals surface area contributed by atoms with E-state index in [0.29, 0.717) is 6.04 Å². The lowest BCUT2D eigenvalue weighted by Crippen LogP contribution is -2.30. The first-order valence-corrected chi connectivity index (χ1v) is 8.09. The minimum absolute atomic E-state index is 0.265. The van der Waals surface area contributed by atoms with Gasteiger partial charge in [0.25, 0.3) is 0 Å². The Hall–Kier alpha value is -0.540. The van der Waals surface area contributed by atoms with Crippen LogP contribution in [0.3, 0.4) is 0 Å². The highest BCUT2D eigenvalue weighted by molar-refractivity contribution is 9.10. The molecule has 2 rings (SSSR count). The highest BCUT2D eigenvalue weighted by atomic mass is 79.9. The van der Waals surface area contributed by atoms with Crippen molar-refractivity contribution >= 4 is 21.6 Å². The van der Waals surface area contributed by atoms with E-state index in [1.165, 1.54) is 28.6 Å². The van der Waals surface area contributed by atoms with Crippen LogP contribution in [0.5, 0.6) is 0 Å². The molecule has 1 aromatic rings. The molecular formula is C16H25BrN2. The average Bonchev–Trinajstić information content (AvgIpc) is 3.21. The zero-order chi connectivity index (χ0) is 14.0. The Morgan fingerprint density at radius 3 is 2.63 bits per heavy atom. The number of nitrogens with zero attached hydrogens (tertiary/aromatic N) is 1. The van der Waals surface area contributed by atoms with Crippen LogP contribution < -0.4 is 10.6 Å². The fourth-order valence-corrected chi connectivity index (χ4v) is 3.23. The Morgan fingerprint density at radius 1 is 1.42 bits per heavy atom. The van der Waals surface area contributed by atoms with Gasteiger partial charge in [0.15, 0.2) is 0 Å². The van der Waals surface area contributed by atoms with E-state index in [1.807, 2.05) is 0 Å². The topological polar surface area (TPSA) is 29.3 Å². The normalized spacial score (nSPS) is 18.2. The first kappa shape index (κ1) is 14.9. The first-order valence-electron chi connectivity index (χ1n) is 7.29. The summed E-state index contributed by atoms with van der Waals surface area (Å²) >= 11 is 3.71. The highest BCUT2D eigenvalue weighted by Crippen LogP contribution is 2.38. The third kappa shape index (κ3) is 3.73. The van der Waals surface area contributed by atoms with Crippen molar-refractivity contribution in [3.63, 3.8) is 0 Å². The number of nitrogens with two attached hydrogens (primary N) is 1. The smallest absolute Gasteiger partial charge is 0.0510 e. The predicted molar refractivity (Wildman–Crippen MR) is 86.7 cm³/mol. The van der Waals surface area contributed by atoms with Gasteiger partial charge in [0, 0.05) is 23.6 Å². The van der Waals surface area contributed by atoms with E-state index in [1.54, 1.807) is 0 Å². The molecule has 2 N–H and O–H groups in total. The molecule has 0 bridgehead atoms. The fraction of sp³-hybridized carbons (Fsp3) is 0.625. The van der Waals surface area contributed by atoms with E-state index in [-0.39, 0.29) is 6.04 Å². The van der Waals surface area contributed by atoms with Gasteiger partial charge >= 0.3 is 0 Å². The van der Waals surface area contributed by atoms with Crippen molar-refractivity contribution in [2.75, 3.05) is 11.9 Å². The Labute approximate surface area is 125 Å². The first-order chi connectivity index (χ1) is 9.02. The van der Waals surface area contributed by atoms with Crippen LogP contribution in [0.25, 0.3) is 0 Å². The van der Waals surface area contributed by atoms with Gasteiger partial charge in [-0.05, 0) is 72.2 Å². The lowest BCUT2D eigenvalue weighted by atomic mass is 10.0. The lowest BCUT2D eigenvalue weighted by molar-refractivity contribution is 0.608. The molecule has 1 fully saturated rings. The van der Waals surface area contributed by atoms with E-state index in [4.69, 9.17) is 5.73 Å². The third-order valence-corrected chi connectivity index (χ3v) is 4.96. The van der Waals surface area contributed by atoms with Crippen LogP contribution in [-0.4, -0.2) is 19.1 Å². The van der Waals surface area contributed by atoms with Gasteiger partial charge in [0.2, 0.25) is 0 Å². The number of hydrogen-bond acceptors (Lipinski definition) is 2. The van der Waals surface area contributed by atoms with E-state index in [0.717, 1.165) is 18.8 Å². The summed E-state index contributed by atoms with van der Waals surface area (Å²) in [5.41, 5.74) is 8.63. The van der Waals surface area contributed by atoms with Crippen molar-refractivity contribution in [2.24, 2.45) is 11.7 Å². The van der Waals surface area contributed by atoms with Gasteiger partial charge in [-0.25, -0.2) is 0 Å². The minimum Gasteiger partial charge on any atom is -0.371 e.